The molecule has 0 aliphatic rings. The summed E-state index contributed by atoms with van der Waals surface area (Å²) >= 11 is 1.40. The monoisotopic (exact) mass is 600 g/mol. The van der Waals surface area contributed by atoms with E-state index in [1.165, 1.54) is 6.92 Å². The van der Waals surface area contributed by atoms with Crippen molar-refractivity contribution in [1.29, 1.82) is 0 Å². The first kappa shape index (κ1) is 37.3. The van der Waals surface area contributed by atoms with Gasteiger partial charge in [0.25, 0.3) is 0 Å². The molecule has 0 aromatic rings. The van der Waals surface area contributed by atoms with E-state index in [4.69, 9.17) is 27.2 Å². The van der Waals surface area contributed by atoms with Crippen LogP contribution in [0.4, 0.5) is 0 Å². The summed E-state index contributed by atoms with van der Waals surface area (Å²) in [6.45, 7) is -0.736. The Morgan fingerprint density at radius 3 is 1.19 bits per heavy atom. The van der Waals surface area contributed by atoms with E-state index in [1.54, 1.807) is 0 Å². The molecular weight excluding hydrogens is 576 g/mol. The Bertz CT molecular complexity index is 427. The molecule has 16 heteroatoms. The maximum atomic E-state index is 10.7. The van der Waals surface area contributed by atoms with E-state index in [-0.39, 0.29) is 33.5 Å². The molecule has 0 aromatic carbocycles. The van der Waals surface area contributed by atoms with Crippen LogP contribution in [0.25, 0.3) is 0 Å². The maximum absolute atomic E-state index is 10.7. The average Bonchev–Trinajstić information content (AvgIpc) is 2.48. The van der Waals surface area contributed by atoms with Gasteiger partial charge in [0.15, 0.2) is 0 Å². The number of aliphatic carboxylic acids is 4. The first-order valence-corrected chi connectivity index (χ1v) is 7.92. The van der Waals surface area contributed by atoms with E-state index in [9.17, 15) is 19.2 Å². The topological polar surface area (TPSA) is 190 Å². The summed E-state index contributed by atoms with van der Waals surface area (Å²) in [6.07, 6.45) is 0. The first-order valence-electron chi connectivity index (χ1n) is 6.28. The van der Waals surface area contributed by atoms with Crippen LogP contribution in [0.15, 0.2) is 0 Å². The predicted molar refractivity (Wildman–Crippen MR) is 86.9 cm³/mol. The number of hydrogen-bond acceptors (Lipinski definition) is 10. The van der Waals surface area contributed by atoms with Gasteiger partial charge in [-0.3, -0.25) is 29.0 Å². The van der Waals surface area contributed by atoms with Crippen LogP contribution in [0.3, 0.4) is 0 Å². The van der Waals surface area contributed by atoms with Gasteiger partial charge in [-0.05, 0) is 6.92 Å². The fraction of sp³-hybridized carbons (Fsp3) is 0.636. The molecule has 0 saturated carbocycles. The minimum atomic E-state index is -1.23. The van der Waals surface area contributed by atoms with Crippen LogP contribution in [0.2, 0.25) is 0 Å². The van der Waals surface area contributed by atoms with Crippen molar-refractivity contribution in [2.45, 2.75) is 13.0 Å². The molecule has 4 N–H and O–H groups in total. The smallest absolute Gasteiger partial charge is 0.813 e. The zero-order valence-electron chi connectivity index (χ0n) is 14.0. The Labute approximate surface area is 191 Å². The minimum Gasteiger partial charge on any atom is -0.813 e. The standard InChI is InChI=1S/C11H18N2O8.2Mo.2O.2H2S/c1-7(13(5-10(18)19)6-11(20)21)2-12(3-8(14)15)4-9(16)17;;;;;;/h7H,2-6H2,1H3,(H,14,15)(H,16,17)(H,18,19)(H,20,21);;;;;2*1H2/p-2. The molecule has 160 valence electrons. The van der Waals surface area contributed by atoms with Crippen molar-refractivity contribution in [1.82, 2.24) is 9.80 Å². The van der Waals surface area contributed by atoms with Crippen molar-refractivity contribution in [2.75, 3.05) is 32.7 Å². The Balaban J connectivity index is -0.000000250. The summed E-state index contributed by atoms with van der Waals surface area (Å²) in [5.74, 6) is -4.92. The van der Waals surface area contributed by atoms with E-state index in [1.807, 2.05) is 0 Å². The van der Waals surface area contributed by atoms with Crippen molar-refractivity contribution in [3.63, 3.8) is 0 Å². The number of carbonyl (C=O) groups is 4. The Morgan fingerprint density at radius 1 is 0.704 bits per heavy atom. The van der Waals surface area contributed by atoms with Gasteiger partial charge in [0.2, 0.25) is 0 Å². The third kappa shape index (κ3) is 25.5. The SMILES string of the molecule is CC(CN(CC(=O)O)CC(=O)O)N(CC(=O)O)CC(=O)O.[O]=[Mo].[O]=[Mo].[SH-].[SH-]. The summed E-state index contributed by atoms with van der Waals surface area (Å²) in [7, 11) is 0. The predicted octanol–water partition coefficient (Wildman–Crippen LogP) is -2.47. The van der Waals surface area contributed by atoms with Crippen LogP contribution >= 0.6 is 0 Å². The van der Waals surface area contributed by atoms with E-state index in [0.717, 1.165) is 9.80 Å². The second kappa shape index (κ2) is 23.5. The summed E-state index contributed by atoms with van der Waals surface area (Å²) in [4.78, 5) is 44.9. The van der Waals surface area contributed by atoms with Crippen molar-refractivity contribution >= 4 is 50.9 Å². The number of hydrogen-bond donors (Lipinski definition) is 4. The van der Waals surface area contributed by atoms with Crippen molar-refractivity contribution < 1.29 is 86.0 Å². The molecule has 0 aliphatic heterocycles. The van der Waals surface area contributed by atoms with Gasteiger partial charge >= 0.3 is 70.2 Å². The molecule has 0 heterocycles. The largest absolute Gasteiger partial charge is 0.813 e. The second-order valence-corrected chi connectivity index (χ2v) is 4.50. The van der Waals surface area contributed by atoms with Crippen LogP contribution in [0, 0.1) is 0 Å². The summed E-state index contributed by atoms with van der Waals surface area (Å²) in [5, 5.41) is 34.9. The molecule has 1 unspecified atom stereocenters. The van der Waals surface area contributed by atoms with Crippen LogP contribution in [0.1, 0.15) is 6.92 Å². The second-order valence-electron chi connectivity index (χ2n) is 4.50. The number of nitrogens with zero attached hydrogens (tertiary/aromatic N) is 2. The normalized spacial score (nSPS) is 9.89. The molecule has 0 aromatic heterocycles. The quantitative estimate of drug-likeness (QED) is 0.112. The van der Waals surface area contributed by atoms with Gasteiger partial charge in [-0.15, -0.1) is 0 Å². The molecular formula is C11H20Mo2N2O10S2-2. The van der Waals surface area contributed by atoms with Gasteiger partial charge in [-0.25, -0.2) is 0 Å². The van der Waals surface area contributed by atoms with E-state index < -0.39 is 56.1 Å². The van der Waals surface area contributed by atoms with Crippen molar-refractivity contribution in [2.24, 2.45) is 0 Å². The molecule has 0 bridgehead atoms. The van der Waals surface area contributed by atoms with Crippen LogP contribution in [-0.4, -0.2) is 92.9 Å². The van der Waals surface area contributed by atoms with Crippen molar-refractivity contribution in [3.8, 4) is 0 Å². The van der Waals surface area contributed by atoms with Gasteiger partial charge in [-0.2, -0.15) is 0 Å². The van der Waals surface area contributed by atoms with E-state index >= 15 is 0 Å². The molecule has 1 atom stereocenters. The zero-order valence-corrected chi connectivity index (χ0v) is 19.8. The molecule has 0 spiro atoms. The van der Waals surface area contributed by atoms with Gasteiger partial charge < -0.3 is 47.4 Å². The maximum Gasteiger partial charge on any atom is -0.813 e. The van der Waals surface area contributed by atoms with Crippen LogP contribution < -0.4 is 0 Å². The zero-order chi connectivity index (χ0) is 20.6. The van der Waals surface area contributed by atoms with Crippen molar-refractivity contribution in [3.05, 3.63) is 0 Å². The Hall–Kier alpha value is -0.523. The third-order valence-electron chi connectivity index (χ3n) is 2.54. The van der Waals surface area contributed by atoms with E-state index in [2.05, 4.69) is 0 Å². The van der Waals surface area contributed by atoms with Gasteiger partial charge in [0, 0.05) is 12.6 Å². The summed E-state index contributed by atoms with van der Waals surface area (Å²) < 4.78 is 16.5. The molecule has 0 radical (unpaired) electrons. The molecule has 0 rings (SSSR count). The van der Waals surface area contributed by atoms with Gasteiger partial charge in [0.05, 0.1) is 26.2 Å². The van der Waals surface area contributed by atoms with Crippen LogP contribution in [0.5, 0.6) is 0 Å². The molecule has 0 fully saturated rings. The number of carboxylic acid groups (broad SMARTS) is 4. The molecule has 0 amide bonds. The Kier molecular flexibility index (Phi) is 32.4. The third-order valence-corrected chi connectivity index (χ3v) is 2.54. The summed E-state index contributed by atoms with van der Waals surface area (Å²) in [6, 6.07) is -0.643. The first-order chi connectivity index (χ1) is 11.6. The van der Waals surface area contributed by atoms with Gasteiger partial charge in [0.1, 0.15) is 0 Å². The minimum absolute atomic E-state index is 0. The Morgan fingerprint density at radius 2 is 0.963 bits per heavy atom. The number of thiol groups is 2. The molecule has 0 aliphatic carbocycles. The van der Waals surface area contributed by atoms with E-state index in [0.29, 0.717) is 39.6 Å². The van der Waals surface area contributed by atoms with Gasteiger partial charge in [-0.1, -0.05) is 0 Å². The molecule has 0 saturated heterocycles. The average molecular weight is 596 g/mol. The number of rotatable bonds is 11. The fourth-order valence-electron chi connectivity index (χ4n) is 1.77. The number of carboxylic acids is 4. The van der Waals surface area contributed by atoms with Crippen LogP contribution in [-0.2, 0) is 92.5 Å². The molecule has 27 heavy (non-hydrogen) atoms. The fourth-order valence-corrected chi connectivity index (χ4v) is 1.77. The summed E-state index contributed by atoms with van der Waals surface area (Å²) in [5.41, 5.74) is 0. The molecule has 12 nitrogen and oxygen atoms in total.